The molecule has 1 aliphatic heterocycles. The fourth-order valence-electron chi connectivity index (χ4n) is 2.00. The maximum absolute atomic E-state index is 12.3. The van der Waals surface area contributed by atoms with Gasteiger partial charge in [0.15, 0.2) is 0 Å². The maximum Gasteiger partial charge on any atom is 0.330 e. The molecule has 7 heteroatoms. The smallest absolute Gasteiger partial charge is 0.330 e. The quantitative estimate of drug-likeness (QED) is 0.252. The molecule has 1 rings (SSSR count). The van der Waals surface area contributed by atoms with Crippen molar-refractivity contribution in [3.63, 3.8) is 0 Å². The van der Waals surface area contributed by atoms with E-state index in [9.17, 15) is 14.4 Å². The van der Waals surface area contributed by atoms with Crippen LogP contribution in [-0.2, 0) is 28.6 Å². The number of rotatable bonds is 12. The Labute approximate surface area is 135 Å². The Kier molecular flexibility index (Phi) is 7.74. The molecule has 0 aromatic carbocycles. The molecule has 1 fully saturated rings. The third-order valence-corrected chi connectivity index (χ3v) is 3.61. The van der Waals surface area contributed by atoms with Crippen molar-refractivity contribution in [1.29, 1.82) is 0 Å². The van der Waals surface area contributed by atoms with E-state index in [0.717, 1.165) is 6.08 Å². The largest absolute Gasteiger partial charge is 0.481 e. The fourth-order valence-corrected chi connectivity index (χ4v) is 2.00. The molecule has 0 aromatic rings. The van der Waals surface area contributed by atoms with Crippen LogP contribution in [0.15, 0.2) is 12.7 Å². The van der Waals surface area contributed by atoms with E-state index in [0.29, 0.717) is 32.3 Å². The van der Waals surface area contributed by atoms with Gasteiger partial charge in [0, 0.05) is 12.5 Å². The van der Waals surface area contributed by atoms with Gasteiger partial charge in [-0.15, -0.1) is 0 Å². The summed E-state index contributed by atoms with van der Waals surface area (Å²) in [7, 11) is 0. The molecule has 0 aliphatic carbocycles. The monoisotopic (exact) mass is 328 g/mol. The molecule has 0 bridgehead atoms. The second-order valence-corrected chi connectivity index (χ2v) is 5.88. The standard InChI is InChI=1S/C16H24O7/c1-3-14(19)23-11-16(2,8-6-4-5-7-13(17)18)15(20)22-10-12-9-21-12/h3,12H,1,4-11H2,2H3,(H,17,18). The molecule has 0 aromatic heterocycles. The number of hydrogen-bond donors (Lipinski definition) is 1. The summed E-state index contributed by atoms with van der Waals surface area (Å²) in [6.07, 6.45) is 3.42. The minimum absolute atomic E-state index is 0.0329. The van der Waals surface area contributed by atoms with Crippen molar-refractivity contribution in [2.24, 2.45) is 5.41 Å². The first-order valence-corrected chi connectivity index (χ1v) is 7.67. The predicted molar refractivity (Wildman–Crippen MR) is 80.7 cm³/mol. The number of esters is 2. The van der Waals surface area contributed by atoms with Crippen molar-refractivity contribution < 1.29 is 33.7 Å². The molecule has 0 spiro atoms. The fraction of sp³-hybridized carbons (Fsp3) is 0.688. The Morgan fingerprint density at radius 1 is 1.30 bits per heavy atom. The molecule has 2 unspecified atom stereocenters. The van der Waals surface area contributed by atoms with Crippen LogP contribution in [0.5, 0.6) is 0 Å². The molecule has 1 heterocycles. The maximum atomic E-state index is 12.3. The molecule has 1 N–H and O–H groups in total. The molecular weight excluding hydrogens is 304 g/mol. The summed E-state index contributed by atoms with van der Waals surface area (Å²) in [5.74, 6) is -1.87. The number of epoxide rings is 1. The molecule has 130 valence electrons. The van der Waals surface area contributed by atoms with E-state index in [1.54, 1.807) is 6.92 Å². The molecule has 1 aliphatic rings. The lowest BCUT2D eigenvalue weighted by Crippen LogP contribution is -2.36. The number of hydrogen-bond acceptors (Lipinski definition) is 6. The predicted octanol–water partition coefficient (Wildman–Crippen LogP) is 1.70. The van der Waals surface area contributed by atoms with Crippen molar-refractivity contribution >= 4 is 17.9 Å². The normalized spacial score (nSPS) is 18.6. The Morgan fingerprint density at radius 2 is 2.00 bits per heavy atom. The molecule has 2 atom stereocenters. The summed E-state index contributed by atoms with van der Waals surface area (Å²) >= 11 is 0. The minimum Gasteiger partial charge on any atom is -0.481 e. The van der Waals surface area contributed by atoms with Crippen molar-refractivity contribution in [2.75, 3.05) is 19.8 Å². The summed E-state index contributed by atoms with van der Waals surface area (Å²) < 4.78 is 15.2. The van der Waals surface area contributed by atoms with Gasteiger partial charge in [-0.05, 0) is 19.8 Å². The highest BCUT2D eigenvalue weighted by Crippen LogP contribution is 2.28. The van der Waals surface area contributed by atoms with Crippen LogP contribution in [0, 0.1) is 5.41 Å². The second-order valence-electron chi connectivity index (χ2n) is 5.88. The van der Waals surface area contributed by atoms with Gasteiger partial charge in [-0.1, -0.05) is 19.4 Å². The van der Waals surface area contributed by atoms with Gasteiger partial charge < -0.3 is 19.3 Å². The highest BCUT2D eigenvalue weighted by atomic mass is 16.6. The highest BCUT2D eigenvalue weighted by molar-refractivity contribution is 5.82. The summed E-state index contributed by atoms with van der Waals surface area (Å²) in [6, 6.07) is 0. The summed E-state index contributed by atoms with van der Waals surface area (Å²) in [6.45, 7) is 5.68. The van der Waals surface area contributed by atoms with Crippen LogP contribution < -0.4 is 0 Å². The van der Waals surface area contributed by atoms with Crippen LogP contribution in [0.25, 0.3) is 0 Å². The van der Waals surface area contributed by atoms with E-state index in [1.165, 1.54) is 0 Å². The molecular formula is C16H24O7. The van der Waals surface area contributed by atoms with E-state index >= 15 is 0 Å². The van der Waals surface area contributed by atoms with E-state index in [-0.39, 0.29) is 25.7 Å². The van der Waals surface area contributed by atoms with Crippen LogP contribution in [0.1, 0.15) is 39.0 Å². The number of carboxylic acid groups (broad SMARTS) is 1. The van der Waals surface area contributed by atoms with Gasteiger partial charge in [-0.3, -0.25) is 9.59 Å². The Bertz CT molecular complexity index is 442. The first-order valence-electron chi connectivity index (χ1n) is 7.67. The van der Waals surface area contributed by atoms with E-state index in [4.69, 9.17) is 19.3 Å². The van der Waals surface area contributed by atoms with Gasteiger partial charge in [-0.25, -0.2) is 4.79 Å². The SMILES string of the molecule is C=CC(=O)OCC(C)(CCCCCC(=O)O)C(=O)OCC1CO1. The number of carboxylic acids is 1. The number of aliphatic carboxylic acids is 1. The highest BCUT2D eigenvalue weighted by Gasteiger charge is 2.37. The van der Waals surface area contributed by atoms with Gasteiger partial charge in [0.05, 0.1) is 12.0 Å². The van der Waals surface area contributed by atoms with E-state index in [1.807, 2.05) is 0 Å². The molecule has 23 heavy (non-hydrogen) atoms. The van der Waals surface area contributed by atoms with Gasteiger partial charge in [0.25, 0.3) is 0 Å². The first kappa shape index (κ1) is 19.2. The summed E-state index contributed by atoms with van der Waals surface area (Å²) in [5.41, 5.74) is -0.962. The molecule has 0 amide bonds. The number of unbranched alkanes of at least 4 members (excludes halogenated alkanes) is 2. The topological polar surface area (TPSA) is 102 Å². The third-order valence-electron chi connectivity index (χ3n) is 3.61. The molecule has 0 radical (unpaired) electrons. The van der Waals surface area contributed by atoms with Crippen molar-refractivity contribution in [1.82, 2.24) is 0 Å². The number of carbonyl (C=O) groups excluding carboxylic acids is 2. The van der Waals surface area contributed by atoms with E-state index in [2.05, 4.69) is 6.58 Å². The van der Waals surface area contributed by atoms with Gasteiger partial charge in [0.2, 0.25) is 0 Å². The Balaban J connectivity index is 2.47. The Morgan fingerprint density at radius 3 is 2.57 bits per heavy atom. The molecule has 1 saturated heterocycles. The van der Waals surface area contributed by atoms with Crippen molar-refractivity contribution in [3.05, 3.63) is 12.7 Å². The van der Waals surface area contributed by atoms with Gasteiger partial charge >= 0.3 is 17.9 Å². The molecule has 7 nitrogen and oxygen atoms in total. The first-order chi connectivity index (χ1) is 10.9. The van der Waals surface area contributed by atoms with Crippen LogP contribution in [0.4, 0.5) is 0 Å². The summed E-state index contributed by atoms with van der Waals surface area (Å²) in [5, 5.41) is 8.61. The Hall–Kier alpha value is -1.89. The number of carbonyl (C=O) groups is 3. The van der Waals surface area contributed by atoms with Gasteiger partial charge in [0.1, 0.15) is 19.3 Å². The lowest BCUT2D eigenvalue weighted by Gasteiger charge is -2.26. The van der Waals surface area contributed by atoms with Crippen LogP contribution in [-0.4, -0.2) is 48.9 Å². The van der Waals surface area contributed by atoms with E-state index < -0.39 is 23.3 Å². The third kappa shape index (κ3) is 7.78. The summed E-state index contributed by atoms with van der Waals surface area (Å²) in [4.78, 5) is 34.0. The average molecular weight is 328 g/mol. The van der Waals surface area contributed by atoms with Crippen LogP contribution in [0.2, 0.25) is 0 Å². The second kappa shape index (κ2) is 9.29. The zero-order valence-electron chi connectivity index (χ0n) is 13.4. The molecule has 0 saturated carbocycles. The zero-order valence-corrected chi connectivity index (χ0v) is 13.4. The van der Waals surface area contributed by atoms with Crippen LogP contribution >= 0.6 is 0 Å². The van der Waals surface area contributed by atoms with Crippen LogP contribution in [0.3, 0.4) is 0 Å². The van der Waals surface area contributed by atoms with Crippen molar-refractivity contribution in [2.45, 2.75) is 45.1 Å². The lowest BCUT2D eigenvalue weighted by atomic mass is 9.85. The lowest BCUT2D eigenvalue weighted by molar-refractivity contribution is -0.162. The van der Waals surface area contributed by atoms with Crippen molar-refractivity contribution in [3.8, 4) is 0 Å². The minimum atomic E-state index is -0.962. The van der Waals surface area contributed by atoms with Gasteiger partial charge in [-0.2, -0.15) is 0 Å². The average Bonchev–Trinajstić information content (AvgIpc) is 3.33. The zero-order chi connectivity index (χ0) is 17.3. The number of ether oxygens (including phenoxy) is 3.